The van der Waals surface area contributed by atoms with Crippen LogP contribution in [0.3, 0.4) is 0 Å². The Hall–Kier alpha value is -4.50. The van der Waals surface area contributed by atoms with E-state index in [0.29, 0.717) is 0 Å². The molecular weight excluding hydrogens is 829 g/mol. The van der Waals surface area contributed by atoms with Gasteiger partial charge >= 0.3 is 0 Å². The highest BCUT2D eigenvalue weighted by Gasteiger charge is 2.57. The van der Waals surface area contributed by atoms with Crippen molar-refractivity contribution in [3.8, 4) is 28.4 Å². The van der Waals surface area contributed by atoms with Crippen molar-refractivity contribution in [1.82, 2.24) is 0 Å². The van der Waals surface area contributed by atoms with Crippen molar-refractivity contribution >= 4 is 16.8 Å². The maximum absolute atomic E-state index is 8.19. The lowest BCUT2D eigenvalue weighted by Gasteiger charge is -2.53. The third-order valence-electron chi connectivity index (χ3n) is 18.9. The molecule has 0 N–H and O–H groups in total. The van der Waals surface area contributed by atoms with Crippen LogP contribution in [-0.2, 0) is 21.8 Å². The fourth-order valence-electron chi connectivity index (χ4n) is 18.1. The fraction of sp³-hybridized carbons (Fsp3) is 0.538. The molecule has 358 valence electrons. The first-order chi connectivity index (χ1) is 32.6. The second kappa shape index (κ2) is 16.3. The lowest BCUT2D eigenvalue weighted by molar-refractivity contribution is 0.0642. The largest absolute Gasteiger partial charge is 0.497 e. The zero-order chi connectivity index (χ0) is 47.6. The van der Waals surface area contributed by atoms with Crippen molar-refractivity contribution in [3.05, 3.63) is 130 Å². The quantitative estimate of drug-likeness (QED) is 0.170. The first-order valence-corrected chi connectivity index (χ1v) is 27.0. The lowest BCUT2D eigenvalue weighted by Crippen LogP contribution is -2.45. The SMILES string of the molecule is CC.COc1ccc(C2(c3ccc(OC)cc3)C=Cc3c4c(c5cc(C67CC(C)CC(CC(C)C6)C7)c(C67CCC(CC(C)C6)C7)cc5c3O2)-c2ccccc2C42CC(C)(C)CC(C)(C)C2)cc1. The summed E-state index contributed by atoms with van der Waals surface area (Å²) in [6, 6.07) is 32.6. The number of fused-ring (bicyclic) bond motifs is 14. The average molecular weight is 909 g/mol. The Labute approximate surface area is 409 Å². The van der Waals surface area contributed by atoms with Gasteiger partial charge in [0, 0.05) is 27.5 Å². The Kier molecular flexibility index (Phi) is 11.0. The van der Waals surface area contributed by atoms with Crippen LogP contribution in [0.25, 0.3) is 28.0 Å². The Morgan fingerprint density at radius 3 is 1.71 bits per heavy atom. The topological polar surface area (TPSA) is 27.7 Å². The van der Waals surface area contributed by atoms with Crippen LogP contribution >= 0.6 is 0 Å². The third-order valence-corrected chi connectivity index (χ3v) is 18.9. The molecule has 0 radical (unpaired) electrons. The van der Waals surface area contributed by atoms with Gasteiger partial charge in [-0.3, -0.25) is 0 Å². The van der Waals surface area contributed by atoms with E-state index in [1.54, 1.807) is 25.3 Å². The first-order valence-electron chi connectivity index (χ1n) is 27.0. The Morgan fingerprint density at radius 1 is 0.574 bits per heavy atom. The number of ether oxygens (including phenoxy) is 3. The molecule has 0 amide bonds. The van der Waals surface area contributed by atoms with Gasteiger partial charge in [-0.05, 0) is 216 Å². The van der Waals surface area contributed by atoms with E-state index >= 15 is 0 Å². The highest BCUT2D eigenvalue weighted by molar-refractivity contribution is 6.09. The maximum atomic E-state index is 8.19. The van der Waals surface area contributed by atoms with Crippen LogP contribution < -0.4 is 14.2 Å². The monoisotopic (exact) mass is 909 g/mol. The van der Waals surface area contributed by atoms with E-state index in [2.05, 4.69) is 146 Å². The van der Waals surface area contributed by atoms with Crippen molar-refractivity contribution in [2.24, 2.45) is 40.4 Å². The van der Waals surface area contributed by atoms with Crippen LogP contribution in [0.1, 0.15) is 185 Å². The molecule has 5 aromatic rings. The molecule has 5 atom stereocenters. The number of rotatable bonds is 6. The summed E-state index contributed by atoms with van der Waals surface area (Å²) in [5.41, 5.74) is 12.6. The summed E-state index contributed by atoms with van der Waals surface area (Å²) >= 11 is 0. The molecule has 0 aromatic heterocycles. The molecular formula is C65H80O3. The highest BCUT2D eigenvalue weighted by atomic mass is 16.5. The van der Waals surface area contributed by atoms with Crippen LogP contribution in [-0.4, -0.2) is 14.2 Å². The van der Waals surface area contributed by atoms with Gasteiger partial charge in [-0.25, -0.2) is 0 Å². The van der Waals surface area contributed by atoms with Crippen LogP contribution in [0, 0.1) is 40.4 Å². The van der Waals surface area contributed by atoms with E-state index in [1.807, 2.05) is 13.8 Å². The summed E-state index contributed by atoms with van der Waals surface area (Å²) < 4.78 is 19.7. The van der Waals surface area contributed by atoms with Crippen molar-refractivity contribution < 1.29 is 14.2 Å². The predicted molar refractivity (Wildman–Crippen MR) is 283 cm³/mol. The van der Waals surface area contributed by atoms with Crippen LogP contribution in [0.4, 0.5) is 0 Å². The van der Waals surface area contributed by atoms with Gasteiger partial charge in [0.15, 0.2) is 5.60 Å². The summed E-state index contributed by atoms with van der Waals surface area (Å²) in [5.74, 6) is 6.63. The average Bonchev–Trinajstić information content (AvgIpc) is 3.77. The van der Waals surface area contributed by atoms with Crippen LogP contribution in [0.15, 0.2) is 91.0 Å². The standard InChI is InChI=1S/C63H74O3.C2H6/c1-39-26-42-22-24-60(31-39,34-42)53-30-51-50(29-54(53)61-32-40(2)27-43(35-61)28-41(3)33-61)55-48-12-10-11-13-52(48)62(37-58(4,5)36-59(6,7)38-62)56(55)49-23-25-63(66-57(49)51,44-14-18-46(64-8)19-15-44)45-16-20-47(65-9)21-17-45;1-2/h10-21,23,25,29-30,39-43H,22,24,26-28,31-38H2,1-9H3;1-2H3. The van der Waals surface area contributed by atoms with E-state index in [4.69, 9.17) is 14.2 Å². The minimum absolute atomic E-state index is 0.152. The molecule has 3 nitrogen and oxygen atoms in total. The first kappa shape index (κ1) is 45.9. The second-order valence-corrected chi connectivity index (χ2v) is 25.4. The second-order valence-electron chi connectivity index (χ2n) is 25.4. The Balaban J connectivity index is 0.00000250. The molecule has 12 rings (SSSR count). The maximum Gasteiger partial charge on any atom is 0.178 e. The summed E-state index contributed by atoms with van der Waals surface area (Å²) in [6.07, 6.45) is 21.8. The molecule has 3 heteroatoms. The molecule has 1 heterocycles. The minimum atomic E-state index is -0.880. The molecule has 5 unspecified atom stereocenters. The molecule has 0 saturated heterocycles. The van der Waals surface area contributed by atoms with Crippen molar-refractivity contribution in [2.45, 2.75) is 168 Å². The van der Waals surface area contributed by atoms with E-state index in [0.717, 1.165) is 70.8 Å². The molecule has 7 aliphatic rings. The molecule has 1 aliphatic heterocycles. The van der Waals surface area contributed by atoms with Crippen LogP contribution in [0.2, 0.25) is 0 Å². The number of hydrogen-bond donors (Lipinski definition) is 0. The van der Waals surface area contributed by atoms with Gasteiger partial charge in [-0.1, -0.05) is 117 Å². The zero-order valence-electron chi connectivity index (χ0n) is 43.5. The summed E-state index contributed by atoms with van der Waals surface area (Å²) in [6.45, 7) is 21.9. The Morgan fingerprint density at radius 2 is 1.10 bits per heavy atom. The van der Waals surface area contributed by atoms with E-state index < -0.39 is 5.60 Å². The van der Waals surface area contributed by atoms with E-state index in [9.17, 15) is 0 Å². The van der Waals surface area contributed by atoms with Crippen LogP contribution in [0.5, 0.6) is 17.2 Å². The molecule has 68 heavy (non-hydrogen) atoms. The lowest BCUT2D eigenvalue weighted by atomic mass is 9.51. The smallest absolute Gasteiger partial charge is 0.178 e. The van der Waals surface area contributed by atoms with Gasteiger partial charge < -0.3 is 14.2 Å². The number of benzene rings is 5. The highest BCUT2D eigenvalue weighted by Crippen LogP contribution is 2.68. The van der Waals surface area contributed by atoms with E-state index in [1.165, 1.54) is 109 Å². The van der Waals surface area contributed by atoms with E-state index in [-0.39, 0.29) is 27.1 Å². The summed E-state index contributed by atoms with van der Waals surface area (Å²) in [7, 11) is 3.51. The normalized spacial score (nSPS) is 30.6. The predicted octanol–water partition coefficient (Wildman–Crippen LogP) is 17.3. The molecule has 1 spiro atoms. The molecule has 5 fully saturated rings. The zero-order valence-corrected chi connectivity index (χ0v) is 43.5. The van der Waals surface area contributed by atoms with Gasteiger partial charge in [-0.15, -0.1) is 0 Å². The van der Waals surface area contributed by atoms with Gasteiger partial charge in [-0.2, -0.15) is 0 Å². The molecule has 6 aliphatic carbocycles. The molecule has 5 saturated carbocycles. The third kappa shape index (κ3) is 7.06. The minimum Gasteiger partial charge on any atom is -0.497 e. The Bertz CT molecular complexity index is 2680. The van der Waals surface area contributed by atoms with Crippen molar-refractivity contribution in [3.63, 3.8) is 0 Å². The number of methoxy groups -OCH3 is 2. The van der Waals surface area contributed by atoms with Gasteiger partial charge in [0.2, 0.25) is 0 Å². The van der Waals surface area contributed by atoms with Crippen molar-refractivity contribution in [2.75, 3.05) is 14.2 Å². The fourth-order valence-corrected chi connectivity index (χ4v) is 18.1. The van der Waals surface area contributed by atoms with Gasteiger partial charge in [0.1, 0.15) is 17.2 Å². The molecule has 4 bridgehead atoms. The summed E-state index contributed by atoms with van der Waals surface area (Å²) in [5, 5.41) is 2.75. The van der Waals surface area contributed by atoms with Crippen molar-refractivity contribution in [1.29, 1.82) is 0 Å². The molecule has 5 aromatic carbocycles. The van der Waals surface area contributed by atoms with Gasteiger partial charge in [0.25, 0.3) is 0 Å². The van der Waals surface area contributed by atoms with Gasteiger partial charge in [0.05, 0.1) is 14.2 Å². The number of hydrogen-bond acceptors (Lipinski definition) is 3. The summed E-state index contributed by atoms with van der Waals surface area (Å²) in [4.78, 5) is 0.